The van der Waals surface area contributed by atoms with E-state index in [4.69, 9.17) is 23.2 Å². The van der Waals surface area contributed by atoms with Gasteiger partial charge in [-0.1, -0.05) is 23.2 Å². The standard InChI is InChI=1S/C27H26Cl2FN5O3/c1-13-25-14(4-16(28)7-20(25)29)2-3-34(13)24(36)12-32-22-5-15-6-23(33-26(37)19(15)9-21(22)30)27(38)35-17-8-18(35)11-31-10-17/h4-7,9,13,17-18,31-32H,2-3,8,10-12H2,1H3,(H,33,37). The number of nitrogens with one attached hydrogen (secondary N) is 3. The second-order valence-electron chi connectivity index (χ2n) is 10.2. The van der Waals surface area contributed by atoms with Gasteiger partial charge in [-0.2, -0.15) is 0 Å². The van der Waals surface area contributed by atoms with Gasteiger partial charge >= 0.3 is 0 Å². The predicted molar refractivity (Wildman–Crippen MR) is 145 cm³/mol. The number of H-pyrrole nitrogens is 1. The second-order valence-corrected chi connectivity index (χ2v) is 11.0. The number of fused-ring (bicyclic) bond motifs is 4. The Labute approximate surface area is 228 Å². The van der Waals surface area contributed by atoms with E-state index in [1.54, 1.807) is 21.9 Å². The van der Waals surface area contributed by atoms with Crippen molar-refractivity contribution in [1.82, 2.24) is 20.1 Å². The number of benzene rings is 2. The number of halogens is 3. The monoisotopic (exact) mass is 557 g/mol. The highest BCUT2D eigenvalue weighted by Gasteiger charge is 2.44. The van der Waals surface area contributed by atoms with Gasteiger partial charge in [0.1, 0.15) is 11.5 Å². The molecule has 3 aromatic rings. The van der Waals surface area contributed by atoms with Crippen molar-refractivity contribution in [3.05, 3.63) is 73.4 Å². The minimum Gasteiger partial charge on any atom is -0.374 e. The van der Waals surface area contributed by atoms with Gasteiger partial charge in [-0.3, -0.25) is 14.4 Å². The van der Waals surface area contributed by atoms with Crippen molar-refractivity contribution in [2.75, 3.05) is 31.5 Å². The van der Waals surface area contributed by atoms with Crippen LogP contribution >= 0.6 is 23.2 Å². The number of hydrogen-bond donors (Lipinski definition) is 3. The zero-order valence-electron chi connectivity index (χ0n) is 20.6. The van der Waals surface area contributed by atoms with Gasteiger partial charge in [-0.25, -0.2) is 4.39 Å². The summed E-state index contributed by atoms with van der Waals surface area (Å²) in [5.74, 6) is -1.11. The van der Waals surface area contributed by atoms with Gasteiger partial charge in [0.15, 0.2) is 0 Å². The van der Waals surface area contributed by atoms with Gasteiger partial charge in [-0.05, 0) is 66.6 Å². The molecule has 11 heteroatoms. The highest BCUT2D eigenvalue weighted by atomic mass is 35.5. The maximum absolute atomic E-state index is 14.9. The second kappa shape index (κ2) is 9.55. The Bertz CT molecular complexity index is 1530. The molecule has 2 amide bonds. The third-order valence-electron chi connectivity index (χ3n) is 7.93. The molecule has 3 atom stereocenters. The van der Waals surface area contributed by atoms with Crippen molar-refractivity contribution < 1.29 is 14.0 Å². The molecule has 2 aromatic carbocycles. The first-order valence-electron chi connectivity index (χ1n) is 12.6. The normalized spacial score (nSPS) is 22.2. The fourth-order valence-electron chi connectivity index (χ4n) is 6.01. The van der Waals surface area contributed by atoms with Crippen LogP contribution in [0.15, 0.2) is 35.1 Å². The number of hydrogen-bond acceptors (Lipinski definition) is 5. The summed E-state index contributed by atoms with van der Waals surface area (Å²) in [7, 11) is 0. The largest absolute Gasteiger partial charge is 0.374 e. The van der Waals surface area contributed by atoms with Crippen LogP contribution in [0.2, 0.25) is 10.0 Å². The Morgan fingerprint density at radius 2 is 1.89 bits per heavy atom. The fraction of sp³-hybridized carbons (Fsp3) is 0.370. The molecule has 3 aliphatic heterocycles. The predicted octanol–water partition coefficient (Wildman–Crippen LogP) is 3.72. The number of rotatable bonds is 4. The summed E-state index contributed by atoms with van der Waals surface area (Å²) in [4.78, 5) is 45.0. The Morgan fingerprint density at radius 1 is 1.13 bits per heavy atom. The first kappa shape index (κ1) is 25.2. The number of piperidine rings is 1. The van der Waals surface area contributed by atoms with Crippen LogP contribution in [0.5, 0.6) is 0 Å². The Morgan fingerprint density at radius 3 is 2.63 bits per heavy atom. The quantitative estimate of drug-likeness (QED) is 0.454. The summed E-state index contributed by atoms with van der Waals surface area (Å²) < 4.78 is 14.9. The van der Waals surface area contributed by atoms with Crippen molar-refractivity contribution in [2.24, 2.45) is 0 Å². The average molecular weight is 558 g/mol. The lowest BCUT2D eigenvalue weighted by atomic mass is 9.88. The molecule has 3 N–H and O–H groups in total. The van der Waals surface area contributed by atoms with Crippen LogP contribution in [-0.2, 0) is 11.2 Å². The highest BCUT2D eigenvalue weighted by Crippen LogP contribution is 2.37. The summed E-state index contributed by atoms with van der Waals surface area (Å²) in [5, 5.41) is 7.78. The lowest BCUT2D eigenvalue weighted by Crippen LogP contribution is -2.69. The molecule has 3 unspecified atom stereocenters. The molecule has 0 radical (unpaired) electrons. The maximum atomic E-state index is 14.9. The molecule has 2 saturated heterocycles. The first-order chi connectivity index (χ1) is 18.2. The minimum atomic E-state index is -0.659. The number of nitrogens with zero attached hydrogens (tertiary/aromatic N) is 2. The van der Waals surface area contributed by atoms with E-state index in [0.717, 1.165) is 36.7 Å². The fourth-order valence-corrected chi connectivity index (χ4v) is 6.70. The Balaban J connectivity index is 1.21. The van der Waals surface area contributed by atoms with Crippen LogP contribution in [-0.4, -0.2) is 64.9 Å². The van der Waals surface area contributed by atoms with Crippen molar-refractivity contribution >= 4 is 51.5 Å². The number of anilines is 1. The van der Waals surface area contributed by atoms with Crippen molar-refractivity contribution in [3.8, 4) is 0 Å². The van der Waals surface area contributed by atoms with Crippen LogP contribution in [0.4, 0.5) is 10.1 Å². The van der Waals surface area contributed by atoms with E-state index < -0.39 is 11.4 Å². The molecule has 38 heavy (non-hydrogen) atoms. The van der Waals surface area contributed by atoms with Gasteiger partial charge in [0.2, 0.25) is 5.91 Å². The number of carbonyl (C=O) groups excluding carboxylic acids is 2. The van der Waals surface area contributed by atoms with Crippen molar-refractivity contribution in [1.29, 1.82) is 0 Å². The third-order valence-corrected chi connectivity index (χ3v) is 8.46. The molecule has 2 fully saturated rings. The van der Waals surface area contributed by atoms with Gasteiger partial charge in [0.05, 0.1) is 23.7 Å². The molecule has 0 aliphatic carbocycles. The zero-order valence-corrected chi connectivity index (χ0v) is 22.1. The molecule has 3 aliphatic rings. The van der Waals surface area contributed by atoms with Crippen molar-refractivity contribution in [2.45, 2.75) is 37.9 Å². The van der Waals surface area contributed by atoms with Crippen LogP contribution in [0, 0.1) is 5.82 Å². The SMILES string of the molecule is CC1c2c(Cl)cc(Cl)cc2CCN1C(=O)CNc1cc2cc(C(=O)N3C4CNCC3C4)[nH]c(=O)c2cc1F. The molecule has 8 nitrogen and oxygen atoms in total. The van der Waals surface area contributed by atoms with Crippen molar-refractivity contribution in [3.63, 3.8) is 0 Å². The van der Waals surface area contributed by atoms with Crippen LogP contribution in [0.25, 0.3) is 10.8 Å². The molecule has 0 saturated carbocycles. The smallest absolute Gasteiger partial charge is 0.270 e. The maximum Gasteiger partial charge on any atom is 0.270 e. The summed E-state index contributed by atoms with van der Waals surface area (Å²) >= 11 is 12.6. The minimum absolute atomic E-state index is 0.0785. The summed E-state index contributed by atoms with van der Waals surface area (Å²) in [6, 6.07) is 7.68. The van der Waals surface area contributed by atoms with Gasteiger partial charge in [0.25, 0.3) is 11.5 Å². The summed E-state index contributed by atoms with van der Waals surface area (Å²) in [5.41, 5.74) is 1.60. The summed E-state index contributed by atoms with van der Waals surface area (Å²) in [6.07, 6.45) is 1.56. The molecule has 1 aromatic heterocycles. The highest BCUT2D eigenvalue weighted by molar-refractivity contribution is 6.35. The van der Waals surface area contributed by atoms with E-state index in [9.17, 15) is 18.8 Å². The lowest BCUT2D eigenvalue weighted by molar-refractivity contribution is -0.131. The van der Waals surface area contributed by atoms with Crippen LogP contribution in [0.1, 0.15) is 41.0 Å². The number of piperazine rings is 1. The molecular weight excluding hydrogens is 532 g/mol. The molecule has 2 bridgehead atoms. The number of aromatic nitrogens is 1. The van der Waals surface area contributed by atoms with Gasteiger partial charge < -0.3 is 25.4 Å². The first-order valence-corrected chi connectivity index (χ1v) is 13.4. The van der Waals surface area contributed by atoms with E-state index >= 15 is 0 Å². The van der Waals surface area contributed by atoms with Gasteiger partial charge in [0, 0.05) is 41.8 Å². The number of aromatic amines is 1. The third kappa shape index (κ3) is 4.22. The number of carbonyl (C=O) groups is 2. The number of pyridine rings is 1. The molecule has 6 rings (SSSR count). The van der Waals surface area contributed by atoms with Gasteiger partial charge in [-0.15, -0.1) is 0 Å². The van der Waals surface area contributed by atoms with E-state index in [2.05, 4.69) is 15.6 Å². The molecule has 4 heterocycles. The summed E-state index contributed by atoms with van der Waals surface area (Å²) in [6.45, 7) is 3.70. The van der Waals surface area contributed by atoms with Crippen LogP contribution < -0.4 is 16.2 Å². The Kier molecular flexibility index (Phi) is 6.32. The molecular formula is C27H26Cl2FN5O3. The van der Waals surface area contributed by atoms with E-state index in [1.165, 1.54) is 6.07 Å². The average Bonchev–Trinajstić information content (AvgIpc) is 2.87. The lowest BCUT2D eigenvalue weighted by Gasteiger charge is -2.52. The molecule has 198 valence electrons. The van der Waals surface area contributed by atoms with E-state index in [0.29, 0.717) is 28.4 Å². The Hall–Kier alpha value is -3.14. The van der Waals surface area contributed by atoms with E-state index in [-0.39, 0.29) is 53.3 Å². The number of amides is 2. The van der Waals surface area contributed by atoms with E-state index in [1.807, 2.05) is 13.0 Å². The molecule has 0 spiro atoms. The van der Waals surface area contributed by atoms with Crippen LogP contribution in [0.3, 0.4) is 0 Å². The zero-order chi connectivity index (χ0) is 26.7. The topological polar surface area (TPSA) is 97.5 Å².